The van der Waals surface area contributed by atoms with Crippen molar-refractivity contribution in [2.24, 2.45) is 0 Å². The molecule has 2 saturated heterocycles. The third-order valence-electron chi connectivity index (χ3n) is 7.54. The maximum atomic E-state index is 14.3. The Bertz CT molecular complexity index is 1620. The van der Waals surface area contributed by atoms with Gasteiger partial charge in [0.05, 0.1) is 35.1 Å². The van der Waals surface area contributed by atoms with E-state index in [9.17, 15) is 27.2 Å². The van der Waals surface area contributed by atoms with Gasteiger partial charge in [-0.25, -0.2) is 24.1 Å². The fraction of sp³-hybridized carbons (Fsp3) is 0.452. The molecular weight excluding hydrogens is 626 g/mol. The molecule has 46 heavy (non-hydrogen) atoms. The zero-order valence-electron chi connectivity index (χ0n) is 25.9. The van der Waals surface area contributed by atoms with Crippen LogP contribution in [-0.4, -0.2) is 74.6 Å². The van der Waals surface area contributed by atoms with E-state index in [0.717, 1.165) is 42.0 Å². The summed E-state index contributed by atoms with van der Waals surface area (Å²) in [5, 5.41) is 2.79. The van der Waals surface area contributed by atoms with Crippen molar-refractivity contribution in [1.29, 1.82) is 0 Å². The number of benzene rings is 1. The van der Waals surface area contributed by atoms with Gasteiger partial charge in [-0.3, -0.25) is 10.1 Å². The molecule has 0 spiro atoms. The lowest BCUT2D eigenvalue weighted by molar-refractivity contribution is -0.137. The summed E-state index contributed by atoms with van der Waals surface area (Å²) >= 11 is 1.09. The van der Waals surface area contributed by atoms with E-state index in [1.807, 2.05) is 37.5 Å². The fourth-order valence-corrected chi connectivity index (χ4v) is 6.32. The predicted molar refractivity (Wildman–Crippen MR) is 166 cm³/mol. The Morgan fingerprint density at radius 1 is 1.11 bits per heavy atom. The first-order valence-corrected chi connectivity index (χ1v) is 15.6. The highest BCUT2D eigenvalue weighted by Crippen LogP contribution is 2.38. The smallest absolute Gasteiger partial charge is 0.416 e. The number of hydrogen-bond acceptors (Lipinski definition) is 9. The molecule has 0 radical (unpaired) electrons. The summed E-state index contributed by atoms with van der Waals surface area (Å²) in [5.41, 5.74) is -0.745. The Hall–Kier alpha value is -4.27. The van der Waals surface area contributed by atoms with Gasteiger partial charge in [-0.05, 0) is 58.7 Å². The number of allylic oxidation sites excluding steroid dienone is 1. The first-order valence-electron chi connectivity index (χ1n) is 14.8. The lowest BCUT2D eigenvalue weighted by Gasteiger charge is -2.40. The number of carbonyl (C=O) groups excluding carboxylic acids is 2. The van der Waals surface area contributed by atoms with Crippen LogP contribution < -0.4 is 10.2 Å². The fourth-order valence-electron chi connectivity index (χ4n) is 5.32. The highest BCUT2D eigenvalue weighted by molar-refractivity contribution is 7.16. The lowest BCUT2D eigenvalue weighted by atomic mass is 10.1. The van der Waals surface area contributed by atoms with Crippen LogP contribution in [0.1, 0.15) is 61.5 Å². The Kier molecular flexibility index (Phi) is 9.25. The summed E-state index contributed by atoms with van der Waals surface area (Å²) in [7, 11) is 0. The van der Waals surface area contributed by atoms with Crippen molar-refractivity contribution in [2.75, 3.05) is 36.4 Å². The molecule has 0 aliphatic carbocycles. The molecule has 0 bridgehead atoms. The number of thiazole rings is 1. The van der Waals surface area contributed by atoms with E-state index in [1.165, 1.54) is 12.4 Å². The molecule has 0 saturated carbocycles. The molecule has 10 nitrogen and oxygen atoms in total. The van der Waals surface area contributed by atoms with Gasteiger partial charge in [0.1, 0.15) is 22.9 Å². The topological polar surface area (TPSA) is 104 Å². The number of anilines is 2. The van der Waals surface area contributed by atoms with Crippen LogP contribution in [0.4, 0.5) is 33.3 Å². The SMILES string of the molecule is C=C1CCCN1Cc1sc(NC(=O)c2cnc(N3CCN(C(=O)OC(C)(C)C)C[C@H]3C)cn2)nc1-c1cc(F)cc(C(F)(F)F)c1. The Morgan fingerprint density at radius 3 is 2.48 bits per heavy atom. The van der Waals surface area contributed by atoms with Crippen molar-refractivity contribution in [1.82, 2.24) is 24.8 Å². The van der Waals surface area contributed by atoms with E-state index >= 15 is 0 Å². The minimum atomic E-state index is -4.75. The molecule has 1 aromatic carbocycles. The second kappa shape index (κ2) is 12.9. The number of nitrogens with one attached hydrogen (secondary N) is 1. The number of nitrogens with zero attached hydrogens (tertiary/aromatic N) is 6. The molecular formula is C31H35F4N7O3S. The Balaban J connectivity index is 1.32. The summed E-state index contributed by atoms with van der Waals surface area (Å²) in [6.07, 6.45) is -0.651. The van der Waals surface area contributed by atoms with Crippen LogP contribution in [0, 0.1) is 5.82 Å². The average Bonchev–Trinajstić information content (AvgIpc) is 3.56. The minimum Gasteiger partial charge on any atom is -0.444 e. The molecule has 2 amide bonds. The molecule has 4 heterocycles. The molecule has 0 unspecified atom stereocenters. The van der Waals surface area contributed by atoms with Crippen molar-refractivity contribution in [3.63, 3.8) is 0 Å². The van der Waals surface area contributed by atoms with Gasteiger partial charge in [-0.2, -0.15) is 13.2 Å². The molecule has 2 aliphatic heterocycles. The lowest BCUT2D eigenvalue weighted by Crippen LogP contribution is -2.54. The minimum absolute atomic E-state index is 0.000118. The van der Waals surface area contributed by atoms with Crippen molar-refractivity contribution in [2.45, 2.75) is 64.9 Å². The van der Waals surface area contributed by atoms with Crippen LogP contribution in [0.25, 0.3) is 11.3 Å². The number of carbonyl (C=O) groups is 2. The number of piperazine rings is 1. The quantitative estimate of drug-likeness (QED) is 0.296. The van der Waals surface area contributed by atoms with Crippen LogP contribution in [0.15, 0.2) is 42.9 Å². The first-order chi connectivity index (χ1) is 21.6. The van der Waals surface area contributed by atoms with Crippen molar-refractivity contribution >= 4 is 34.3 Å². The number of rotatable bonds is 6. The number of alkyl halides is 3. The number of likely N-dealkylation sites (tertiary alicyclic amines) is 1. The number of halogens is 4. The number of aromatic nitrogens is 3. The molecule has 1 atom stereocenters. The van der Waals surface area contributed by atoms with Gasteiger partial charge in [0.15, 0.2) is 5.13 Å². The third kappa shape index (κ3) is 7.74. The van der Waals surface area contributed by atoms with Gasteiger partial charge >= 0.3 is 12.3 Å². The molecule has 246 valence electrons. The molecule has 3 aromatic rings. The van der Waals surface area contributed by atoms with Crippen molar-refractivity contribution in [3.05, 3.63) is 64.8 Å². The average molecular weight is 662 g/mol. The zero-order chi connectivity index (χ0) is 33.4. The van der Waals surface area contributed by atoms with Gasteiger partial charge in [-0.15, -0.1) is 0 Å². The van der Waals surface area contributed by atoms with Crippen LogP contribution in [0.2, 0.25) is 0 Å². The highest BCUT2D eigenvalue weighted by Gasteiger charge is 2.33. The normalized spacial score (nSPS) is 17.4. The summed E-state index contributed by atoms with van der Waals surface area (Å²) in [6.45, 7) is 13.8. The number of ether oxygens (including phenoxy) is 1. The monoisotopic (exact) mass is 661 g/mol. The molecule has 2 aromatic heterocycles. The van der Waals surface area contributed by atoms with E-state index in [4.69, 9.17) is 4.74 Å². The summed E-state index contributed by atoms with van der Waals surface area (Å²) < 4.78 is 60.2. The van der Waals surface area contributed by atoms with E-state index in [0.29, 0.717) is 49.5 Å². The molecule has 2 fully saturated rings. The number of amides is 2. The van der Waals surface area contributed by atoms with Gasteiger partial charge in [0, 0.05) is 43.5 Å². The van der Waals surface area contributed by atoms with E-state index in [-0.39, 0.29) is 34.2 Å². The Labute approximate surface area is 268 Å². The van der Waals surface area contributed by atoms with Gasteiger partial charge in [-0.1, -0.05) is 17.9 Å². The molecule has 15 heteroatoms. The van der Waals surface area contributed by atoms with E-state index in [1.54, 1.807) is 4.90 Å². The van der Waals surface area contributed by atoms with Crippen LogP contribution >= 0.6 is 11.3 Å². The van der Waals surface area contributed by atoms with E-state index < -0.39 is 29.1 Å². The van der Waals surface area contributed by atoms with Gasteiger partial charge < -0.3 is 19.4 Å². The summed E-state index contributed by atoms with van der Waals surface area (Å²) in [5.74, 6) is -1.13. The van der Waals surface area contributed by atoms with Crippen LogP contribution in [0.3, 0.4) is 0 Å². The molecule has 1 N–H and O–H groups in total. The van der Waals surface area contributed by atoms with Crippen LogP contribution in [-0.2, 0) is 17.5 Å². The maximum Gasteiger partial charge on any atom is 0.416 e. The van der Waals surface area contributed by atoms with E-state index in [2.05, 4.69) is 26.8 Å². The first kappa shape index (κ1) is 33.1. The third-order valence-corrected chi connectivity index (χ3v) is 8.49. The number of hydrogen-bond donors (Lipinski definition) is 1. The second-order valence-electron chi connectivity index (χ2n) is 12.3. The highest BCUT2D eigenvalue weighted by atomic mass is 32.1. The van der Waals surface area contributed by atoms with Gasteiger partial charge in [0.25, 0.3) is 5.91 Å². The molecule has 2 aliphatic rings. The molecule has 5 rings (SSSR count). The van der Waals surface area contributed by atoms with Crippen molar-refractivity contribution in [3.8, 4) is 11.3 Å². The summed E-state index contributed by atoms with van der Waals surface area (Å²) in [6, 6.07) is 2.20. The largest absolute Gasteiger partial charge is 0.444 e. The standard InChI is InChI=1S/C31H35F4N7O3S/c1-18-7-6-8-40(18)17-24-26(20-11-21(31(33,34)35)13-22(32)12-20)38-28(46-24)39-27(43)23-14-37-25(15-36-23)42-10-9-41(16-19(42)2)29(44)45-30(3,4)5/h11-15,19H,1,6-10,16-17H2,2-5H3,(H,38,39,43)/t19-/m1/s1. The van der Waals surface area contributed by atoms with Crippen molar-refractivity contribution < 1.29 is 31.9 Å². The maximum absolute atomic E-state index is 14.3. The zero-order valence-corrected chi connectivity index (χ0v) is 26.8. The predicted octanol–water partition coefficient (Wildman–Crippen LogP) is 6.57. The second-order valence-corrected chi connectivity index (χ2v) is 13.4. The Morgan fingerprint density at radius 2 is 1.87 bits per heavy atom. The summed E-state index contributed by atoms with van der Waals surface area (Å²) in [4.78, 5) is 44.9. The van der Waals surface area contributed by atoms with Crippen LogP contribution in [0.5, 0.6) is 0 Å². The van der Waals surface area contributed by atoms with Gasteiger partial charge in [0.2, 0.25) is 0 Å².